The summed E-state index contributed by atoms with van der Waals surface area (Å²) in [6.45, 7) is 1.94. The Kier molecular flexibility index (Phi) is 6.22. The van der Waals surface area contributed by atoms with Gasteiger partial charge in [-0.3, -0.25) is 9.59 Å². The fourth-order valence-corrected chi connectivity index (χ4v) is 5.93. The van der Waals surface area contributed by atoms with Gasteiger partial charge in [-0.05, 0) is 25.5 Å². The predicted molar refractivity (Wildman–Crippen MR) is 108 cm³/mol. The van der Waals surface area contributed by atoms with Crippen LogP contribution in [0.3, 0.4) is 0 Å². The summed E-state index contributed by atoms with van der Waals surface area (Å²) in [7, 11) is -2.65. The molecule has 1 aliphatic rings. The van der Waals surface area contributed by atoms with E-state index in [0.717, 1.165) is 21.6 Å². The van der Waals surface area contributed by atoms with Crippen LogP contribution in [-0.2, 0) is 19.6 Å². The van der Waals surface area contributed by atoms with Crippen LogP contribution < -0.4 is 0 Å². The molecule has 2 aromatic carbocycles. The van der Waals surface area contributed by atoms with Crippen LogP contribution in [0.25, 0.3) is 0 Å². The fourth-order valence-electron chi connectivity index (χ4n) is 3.11. The highest BCUT2D eigenvalue weighted by molar-refractivity contribution is 8.14. The van der Waals surface area contributed by atoms with E-state index in [1.165, 1.54) is 19.2 Å². The second-order valence-electron chi connectivity index (χ2n) is 6.56. The number of thioether (sulfide) groups is 1. The molecule has 3 rings (SSSR count). The molecule has 0 spiro atoms. The monoisotopic (exact) mass is 419 g/mol. The van der Waals surface area contributed by atoms with Crippen LogP contribution in [-0.4, -0.2) is 48.8 Å². The summed E-state index contributed by atoms with van der Waals surface area (Å²) < 4.78 is 32.2. The number of rotatable bonds is 5. The quantitative estimate of drug-likeness (QED) is 0.694. The molecule has 1 heterocycles. The Bertz CT molecular complexity index is 958. The highest BCUT2D eigenvalue weighted by Gasteiger charge is 2.45. The number of carbonyl (C=O) groups is 2. The number of sulfonamides is 1. The Labute approximate surface area is 168 Å². The molecular weight excluding hydrogens is 398 g/mol. The van der Waals surface area contributed by atoms with Gasteiger partial charge in [-0.1, -0.05) is 59.8 Å². The van der Waals surface area contributed by atoms with E-state index in [-0.39, 0.29) is 28.2 Å². The molecule has 1 aliphatic heterocycles. The Hall–Kier alpha value is -2.16. The molecule has 0 bridgehead atoms. The van der Waals surface area contributed by atoms with Gasteiger partial charge >= 0.3 is 5.97 Å². The molecule has 1 saturated heterocycles. The van der Waals surface area contributed by atoms with Crippen molar-refractivity contribution in [2.24, 2.45) is 0 Å². The highest BCUT2D eigenvalue weighted by atomic mass is 32.2. The number of carbonyl (C=O) groups excluding carboxylic acids is 2. The van der Waals surface area contributed by atoms with Gasteiger partial charge in [-0.15, -0.1) is 0 Å². The third-order valence-electron chi connectivity index (χ3n) is 4.60. The molecular formula is C20H21NO5S2. The summed E-state index contributed by atoms with van der Waals surface area (Å²) in [5, 5.41) is -0.485. The molecule has 0 aliphatic carbocycles. The van der Waals surface area contributed by atoms with Gasteiger partial charge in [0.2, 0.25) is 15.1 Å². The largest absolute Gasteiger partial charge is 0.468 e. The van der Waals surface area contributed by atoms with Crippen molar-refractivity contribution in [3.8, 4) is 0 Å². The van der Waals surface area contributed by atoms with Crippen LogP contribution in [0.2, 0.25) is 0 Å². The zero-order valence-corrected chi connectivity index (χ0v) is 17.2. The molecule has 1 unspecified atom stereocenters. The Morgan fingerprint density at radius 3 is 2.32 bits per heavy atom. The molecule has 0 N–H and O–H groups in total. The summed E-state index contributed by atoms with van der Waals surface area (Å²) >= 11 is 1.06. The first-order chi connectivity index (χ1) is 13.3. The lowest BCUT2D eigenvalue weighted by Crippen LogP contribution is -2.41. The van der Waals surface area contributed by atoms with Gasteiger partial charge < -0.3 is 4.74 Å². The summed E-state index contributed by atoms with van der Waals surface area (Å²) in [6, 6.07) is 14.3. The van der Waals surface area contributed by atoms with Crippen molar-refractivity contribution in [2.45, 2.75) is 29.5 Å². The van der Waals surface area contributed by atoms with Crippen molar-refractivity contribution >= 4 is 32.9 Å². The first-order valence-corrected chi connectivity index (χ1v) is 11.1. The van der Waals surface area contributed by atoms with E-state index in [1.807, 2.05) is 13.0 Å². The maximum absolute atomic E-state index is 13.1. The maximum atomic E-state index is 13.1. The number of hydrogen-bond acceptors (Lipinski definition) is 6. The molecule has 2 aromatic rings. The fraction of sp³-hybridized carbons (Fsp3) is 0.300. The minimum absolute atomic E-state index is 0.0687. The summed E-state index contributed by atoms with van der Waals surface area (Å²) in [5.41, 5.74) is 1.48. The number of benzene rings is 2. The Morgan fingerprint density at radius 1 is 1.07 bits per heavy atom. The zero-order valence-electron chi connectivity index (χ0n) is 15.6. The summed E-state index contributed by atoms with van der Waals surface area (Å²) in [6.07, 6.45) is 0.223. The van der Waals surface area contributed by atoms with E-state index in [0.29, 0.717) is 5.56 Å². The second kappa shape index (κ2) is 8.46. The molecule has 6 nitrogen and oxygen atoms in total. The minimum Gasteiger partial charge on any atom is -0.468 e. The van der Waals surface area contributed by atoms with E-state index >= 15 is 0 Å². The average molecular weight is 420 g/mol. The number of aryl methyl sites for hydroxylation is 1. The lowest BCUT2D eigenvalue weighted by Gasteiger charge is -2.22. The molecule has 8 heteroatoms. The summed E-state index contributed by atoms with van der Waals surface area (Å²) in [5.74, 6) is -0.619. The molecule has 0 saturated carbocycles. The smallest absolute Gasteiger partial charge is 0.324 e. The number of hydrogen-bond donors (Lipinski definition) is 0. The van der Waals surface area contributed by atoms with Crippen molar-refractivity contribution in [3.63, 3.8) is 0 Å². The van der Waals surface area contributed by atoms with E-state index in [4.69, 9.17) is 4.74 Å². The topological polar surface area (TPSA) is 80.8 Å². The molecule has 1 fully saturated rings. The maximum Gasteiger partial charge on any atom is 0.324 e. The molecule has 0 aromatic heterocycles. The van der Waals surface area contributed by atoms with Crippen molar-refractivity contribution in [1.82, 2.24) is 4.31 Å². The van der Waals surface area contributed by atoms with E-state index in [1.54, 1.807) is 36.4 Å². The van der Waals surface area contributed by atoms with Crippen LogP contribution >= 0.6 is 11.8 Å². The van der Waals surface area contributed by atoms with Crippen LogP contribution in [0.5, 0.6) is 0 Å². The lowest BCUT2D eigenvalue weighted by molar-refractivity contribution is -0.144. The first kappa shape index (κ1) is 20.6. The van der Waals surface area contributed by atoms with Gasteiger partial charge in [-0.2, -0.15) is 4.31 Å². The van der Waals surface area contributed by atoms with Gasteiger partial charge in [0, 0.05) is 17.4 Å². The van der Waals surface area contributed by atoms with E-state index in [2.05, 4.69) is 0 Å². The number of nitrogens with zero attached hydrogens (tertiary/aromatic N) is 1. The number of ether oxygens (including phenoxy) is 1. The van der Waals surface area contributed by atoms with Crippen molar-refractivity contribution in [2.75, 3.05) is 13.7 Å². The van der Waals surface area contributed by atoms with Gasteiger partial charge in [0.05, 0.1) is 12.0 Å². The summed E-state index contributed by atoms with van der Waals surface area (Å²) in [4.78, 5) is 24.8. The van der Waals surface area contributed by atoms with Crippen molar-refractivity contribution in [3.05, 3.63) is 65.7 Å². The van der Waals surface area contributed by atoms with Crippen LogP contribution in [0.4, 0.5) is 0 Å². The molecule has 0 radical (unpaired) electrons. The normalized spacial score (nSPS) is 20.1. The SMILES string of the molecule is COC(=O)[C@@H]1CC(SC(=O)c2ccccc2)CN1S(=O)(=O)c1ccc(C)cc1. The number of esters is 1. The molecule has 148 valence electrons. The van der Waals surface area contributed by atoms with Gasteiger partial charge in [-0.25, -0.2) is 8.42 Å². The number of methoxy groups -OCH3 is 1. The average Bonchev–Trinajstić information content (AvgIpc) is 3.13. The van der Waals surface area contributed by atoms with Crippen LogP contribution in [0, 0.1) is 6.92 Å². The minimum atomic E-state index is -3.89. The highest BCUT2D eigenvalue weighted by Crippen LogP contribution is 2.34. The van der Waals surface area contributed by atoms with E-state index < -0.39 is 22.0 Å². The molecule has 28 heavy (non-hydrogen) atoms. The standard InChI is InChI=1S/C20H21NO5S2/c1-14-8-10-17(11-9-14)28(24,25)21-13-16(12-18(21)19(22)26-2)27-20(23)15-6-4-3-5-7-15/h3-11,16,18H,12-13H2,1-2H3/t16?,18-/m0/s1. The van der Waals surface area contributed by atoms with Crippen molar-refractivity contribution < 1.29 is 22.7 Å². The predicted octanol–water partition coefficient (Wildman–Crippen LogP) is 2.87. The van der Waals surface area contributed by atoms with Gasteiger partial charge in [0.1, 0.15) is 6.04 Å². The Morgan fingerprint density at radius 2 is 1.71 bits per heavy atom. The first-order valence-electron chi connectivity index (χ1n) is 8.75. The van der Waals surface area contributed by atoms with Crippen molar-refractivity contribution in [1.29, 1.82) is 0 Å². The van der Waals surface area contributed by atoms with Gasteiger partial charge in [0.25, 0.3) is 0 Å². The second-order valence-corrected chi connectivity index (χ2v) is 9.72. The third-order valence-corrected chi connectivity index (χ3v) is 7.61. The Balaban J connectivity index is 1.84. The molecule has 2 atom stereocenters. The lowest BCUT2D eigenvalue weighted by atomic mass is 10.2. The zero-order chi connectivity index (χ0) is 20.3. The van der Waals surface area contributed by atoms with Gasteiger partial charge in [0.15, 0.2) is 0 Å². The van der Waals surface area contributed by atoms with Crippen LogP contribution in [0.1, 0.15) is 22.3 Å². The third kappa shape index (κ3) is 4.29. The van der Waals surface area contributed by atoms with Crippen LogP contribution in [0.15, 0.2) is 59.5 Å². The molecule has 0 amide bonds. The van der Waals surface area contributed by atoms with E-state index in [9.17, 15) is 18.0 Å².